The summed E-state index contributed by atoms with van der Waals surface area (Å²) in [4.78, 5) is 11.4. The molecule has 6 nitrogen and oxygen atoms in total. The molecular formula is C10H17N5O. The number of amides is 1. The quantitative estimate of drug-likeness (QED) is 0.737. The number of nitrogens with zero attached hydrogens (tertiary/aromatic N) is 3. The maximum absolute atomic E-state index is 11.4. The van der Waals surface area contributed by atoms with Gasteiger partial charge in [0.2, 0.25) is 5.91 Å². The second kappa shape index (κ2) is 4.61. The van der Waals surface area contributed by atoms with E-state index in [1.54, 1.807) is 0 Å². The number of aryl methyl sites for hydroxylation is 1. The molecular weight excluding hydrogens is 206 g/mol. The van der Waals surface area contributed by atoms with E-state index >= 15 is 0 Å². The molecule has 2 heterocycles. The first-order valence-corrected chi connectivity index (χ1v) is 5.63. The van der Waals surface area contributed by atoms with Gasteiger partial charge in [0.15, 0.2) is 5.82 Å². The molecule has 0 saturated heterocycles. The van der Waals surface area contributed by atoms with Crippen LogP contribution in [0.15, 0.2) is 0 Å². The number of carbonyl (C=O) groups is 1. The highest BCUT2D eigenvalue weighted by molar-refractivity contribution is 5.76. The molecule has 1 aromatic rings. The molecule has 16 heavy (non-hydrogen) atoms. The number of fused-ring (bicyclic) bond motifs is 1. The average Bonchev–Trinajstić information content (AvgIpc) is 2.77. The zero-order valence-corrected chi connectivity index (χ0v) is 9.44. The Morgan fingerprint density at radius 3 is 3.19 bits per heavy atom. The first-order chi connectivity index (χ1) is 7.72. The molecule has 1 atom stereocenters. The summed E-state index contributed by atoms with van der Waals surface area (Å²) in [5.41, 5.74) is 5.32. The van der Waals surface area contributed by atoms with Crippen LogP contribution in [0.1, 0.15) is 37.5 Å². The van der Waals surface area contributed by atoms with Crippen molar-refractivity contribution >= 4 is 5.91 Å². The normalized spacial score (nSPS) is 15.9. The molecule has 0 aromatic carbocycles. The molecule has 0 bridgehead atoms. The van der Waals surface area contributed by atoms with Gasteiger partial charge in [-0.3, -0.25) is 4.79 Å². The summed E-state index contributed by atoms with van der Waals surface area (Å²) < 4.78 is 2.09. The van der Waals surface area contributed by atoms with E-state index in [1.807, 2.05) is 6.92 Å². The SMILES string of the molecule is CC(NC(=O)CCN)c1nnc2n1CCC2. The van der Waals surface area contributed by atoms with Gasteiger partial charge >= 0.3 is 0 Å². The monoisotopic (exact) mass is 223 g/mol. The van der Waals surface area contributed by atoms with Gasteiger partial charge in [0.1, 0.15) is 5.82 Å². The second-order valence-corrected chi connectivity index (χ2v) is 4.06. The Kier molecular flexibility index (Phi) is 3.19. The summed E-state index contributed by atoms with van der Waals surface area (Å²) in [6.45, 7) is 3.25. The first-order valence-electron chi connectivity index (χ1n) is 5.63. The molecule has 1 aliphatic rings. The van der Waals surface area contributed by atoms with Crippen LogP contribution < -0.4 is 11.1 Å². The highest BCUT2D eigenvalue weighted by Gasteiger charge is 2.21. The molecule has 1 unspecified atom stereocenters. The highest BCUT2D eigenvalue weighted by atomic mass is 16.1. The van der Waals surface area contributed by atoms with E-state index in [2.05, 4.69) is 20.1 Å². The Labute approximate surface area is 94.2 Å². The summed E-state index contributed by atoms with van der Waals surface area (Å²) in [6, 6.07) is -0.0987. The van der Waals surface area contributed by atoms with Crippen molar-refractivity contribution in [3.05, 3.63) is 11.6 Å². The van der Waals surface area contributed by atoms with Crippen molar-refractivity contribution in [2.24, 2.45) is 5.73 Å². The van der Waals surface area contributed by atoms with Crippen molar-refractivity contribution in [1.29, 1.82) is 0 Å². The number of hydrogen-bond acceptors (Lipinski definition) is 4. The van der Waals surface area contributed by atoms with E-state index in [4.69, 9.17) is 5.73 Å². The fraction of sp³-hybridized carbons (Fsp3) is 0.700. The molecule has 88 valence electrons. The zero-order valence-electron chi connectivity index (χ0n) is 9.44. The van der Waals surface area contributed by atoms with E-state index in [0.717, 1.165) is 31.0 Å². The van der Waals surface area contributed by atoms with Crippen molar-refractivity contribution < 1.29 is 4.79 Å². The van der Waals surface area contributed by atoms with Crippen LogP contribution >= 0.6 is 0 Å². The number of hydrogen-bond donors (Lipinski definition) is 2. The average molecular weight is 223 g/mol. The van der Waals surface area contributed by atoms with E-state index in [1.165, 1.54) is 0 Å². The number of nitrogens with two attached hydrogens (primary N) is 1. The van der Waals surface area contributed by atoms with E-state index in [0.29, 0.717) is 13.0 Å². The Hall–Kier alpha value is -1.43. The molecule has 1 aromatic heterocycles. The standard InChI is InChI=1S/C10H17N5O/c1-7(12-9(16)4-5-11)10-14-13-8-3-2-6-15(8)10/h7H,2-6,11H2,1H3,(H,12,16). The van der Waals surface area contributed by atoms with Gasteiger partial charge in [-0.2, -0.15) is 0 Å². The third-order valence-corrected chi connectivity index (χ3v) is 2.77. The first kappa shape index (κ1) is 11.1. The minimum atomic E-state index is -0.0987. The molecule has 0 fully saturated rings. The number of carbonyl (C=O) groups excluding carboxylic acids is 1. The maximum Gasteiger partial charge on any atom is 0.221 e. The molecule has 2 rings (SSSR count). The summed E-state index contributed by atoms with van der Waals surface area (Å²) in [7, 11) is 0. The molecule has 0 spiro atoms. The molecule has 1 amide bonds. The number of nitrogens with one attached hydrogen (secondary N) is 1. The number of aromatic nitrogens is 3. The molecule has 3 N–H and O–H groups in total. The third kappa shape index (κ3) is 2.06. The van der Waals surface area contributed by atoms with Crippen LogP contribution in [0.3, 0.4) is 0 Å². The van der Waals surface area contributed by atoms with Crippen molar-refractivity contribution in [2.45, 2.75) is 38.8 Å². The van der Waals surface area contributed by atoms with Gasteiger partial charge < -0.3 is 15.6 Å². The van der Waals surface area contributed by atoms with E-state index in [-0.39, 0.29) is 11.9 Å². The van der Waals surface area contributed by atoms with Crippen molar-refractivity contribution in [1.82, 2.24) is 20.1 Å². The Bertz CT molecular complexity index is 387. The summed E-state index contributed by atoms with van der Waals surface area (Å²) in [5.74, 6) is 1.83. The van der Waals surface area contributed by atoms with Crippen LogP contribution in [0, 0.1) is 0 Å². The summed E-state index contributed by atoms with van der Waals surface area (Å²) >= 11 is 0. The molecule has 0 saturated carbocycles. The lowest BCUT2D eigenvalue weighted by Gasteiger charge is -2.13. The molecule has 0 radical (unpaired) electrons. The minimum absolute atomic E-state index is 0.0367. The van der Waals surface area contributed by atoms with Crippen molar-refractivity contribution in [3.8, 4) is 0 Å². The van der Waals surface area contributed by atoms with Crippen LogP contribution in [-0.2, 0) is 17.8 Å². The fourth-order valence-electron chi connectivity index (χ4n) is 2.00. The third-order valence-electron chi connectivity index (χ3n) is 2.77. The lowest BCUT2D eigenvalue weighted by molar-refractivity contribution is -0.121. The molecule has 0 aliphatic carbocycles. The predicted molar refractivity (Wildman–Crippen MR) is 58.6 cm³/mol. The molecule has 1 aliphatic heterocycles. The Morgan fingerprint density at radius 1 is 1.62 bits per heavy atom. The van der Waals surface area contributed by atoms with Gasteiger partial charge in [-0.1, -0.05) is 0 Å². The van der Waals surface area contributed by atoms with Crippen LogP contribution in [0.5, 0.6) is 0 Å². The van der Waals surface area contributed by atoms with Gasteiger partial charge in [-0.15, -0.1) is 10.2 Å². The summed E-state index contributed by atoms with van der Waals surface area (Å²) in [6.07, 6.45) is 2.45. The lowest BCUT2D eigenvalue weighted by atomic mass is 10.3. The maximum atomic E-state index is 11.4. The Morgan fingerprint density at radius 2 is 2.44 bits per heavy atom. The van der Waals surface area contributed by atoms with Gasteiger partial charge in [0.05, 0.1) is 6.04 Å². The largest absolute Gasteiger partial charge is 0.346 e. The van der Waals surface area contributed by atoms with E-state index in [9.17, 15) is 4.79 Å². The van der Waals surface area contributed by atoms with Gasteiger partial charge in [0, 0.05) is 25.9 Å². The van der Waals surface area contributed by atoms with Crippen molar-refractivity contribution in [3.63, 3.8) is 0 Å². The van der Waals surface area contributed by atoms with Gasteiger partial charge in [0.25, 0.3) is 0 Å². The van der Waals surface area contributed by atoms with Crippen LogP contribution in [0.4, 0.5) is 0 Å². The van der Waals surface area contributed by atoms with Crippen LogP contribution in [0.25, 0.3) is 0 Å². The number of rotatable bonds is 4. The highest BCUT2D eigenvalue weighted by Crippen LogP contribution is 2.18. The summed E-state index contributed by atoms with van der Waals surface area (Å²) in [5, 5.41) is 11.1. The molecule has 6 heteroatoms. The van der Waals surface area contributed by atoms with Crippen LogP contribution in [0.2, 0.25) is 0 Å². The van der Waals surface area contributed by atoms with Crippen LogP contribution in [-0.4, -0.2) is 27.2 Å². The van der Waals surface area contributed by atoms with E-state index < -0.39 is 0 Å². The van der Waals surface area contributed by atoms with Gasteiger partial charge in [-0.25, -0.2) is 0 Å². The fourth-order valence-corrected chi connectivity index (χ4v) is 2.00. The second-order valence-electron chi connectivity index (χ2n) is 4.06. The van der Waals surface area contributed by atoms with Crippen molar-refractivity contribution in [2.75, 3.05) is 6.54 Å². The smallest absolute Gasteiger partial charge is 0.221 e. The zero-order chi connectivity index (χ0) is 11.5. The topological polar surface area (TPSA) is 85.8 Å². The minimum Gasteiger partial charge on any atom is -0.346 e. The predicted octanol–water partition coefficient (Wildman–Crippen LogP) is -0.250. The lowest BCUT2D eigenvalue weighted by Crippen LogP contribution is -2.30. The van der Waals surface area contributed by atoms with Gasteiger partial charge in [-0.05, 0) is 13.3 Å². The Balaban J connectivity index is 2.03.